The fourth-order valence-electron chi connectivity index (χ4n) is 4.22. The minimum atomic E-state index is -0.477. The van der Waals surface area contributed by atoms with E-state index in [0.29, 0.717) is 32.0 Å². The molecule has 1 aromatic carbocycles. The number of amides is 2. The third-order valence-corrected chi connectivity index (χ3v) is 6.38. The molecule has 1 heterocycles. The van der Waals surface area contributed by atoms with Crippen LogP contribution in [0.2, 0.25) is 5.02 Å². The summed E-state index contributed by atoms with van der Waals surface area (Å²) in [5.41, 5.74) is 0.842. The minimum Gasteiger partial charge on any atom is -0.444 e. The zero-order valence-electron chi connectivity index (χ0n) is 17.8. The van der Waals surface area contributed by atoms with Crippen LogP contribution in [0, 0.1) is 5.92 Å². The maximum absolute atomic E-state index is 12.5. The minimum absolute atomic E-state index is 0.0559. The lowest BCUT2D eigenvalue weighted by atomic mass is 9.64. The van der Waals surface area contributed by atoms with Gasteiger partial charge < -0.3 is 15.0 Å². The molecule has 0 bridgehead atoms. The lowest BCUT2D eigenvalue weighted by Crippen LogP contribution is -2.46. The highest BCUT2D eigenvalue weighted by Crippen LogP contribution is 2.43. The molecule has 160 valence electrons. The predicted molar refractivity (Wildman–Crippen MR) is 115 cm³/mol. The number of carbonyl (C=O) groups excluding carboxylic acids is 2. The first-order valence-electron chi connectivity index (χ1n) is 10.7. The Morgan fingerprint density at radius 3 is 2.31 bits per heavy atom. The second-order valence-electron chi connectivity index (χ2n) is 9.53. The fourth-order valence-corrected chi connectivity index (χ4v) is 4.35. The summed E-state index contributed by atoms with van der Waals surface area (Å²) in [4.78, 5) is 26.5. The second kappa shape index (κ2) is 8.95. The third-order valence-electron chi connectivity index (χ3n) is 6.13. The van der Waals surface area contributed by atoms with Crippen molar-refractivity contribution in [3.63, 3.8) is 0 Å². The molecule has 0 unspecified atom stereocenters. The van der Waals surface area contributed by atoms with Gasteiger partial charge >= 0.3 is 6.09 Å². The molecule has 0 spiro atoms. The molecule has 1 aromatic rings. The molecule has 2 amide bonds. The first kappa shape index (κ1) is 21.9. The number of halogens is 1. The molecule has 2 fully saturated rings. The number of rotatable bonds is 5. The van der Waals surface area contributed by atoms with Crippen LogP contribution in [-0.2, 0) is 14.9 Å². The molecule has 1 aliphatic heterocycles. The molecule has 1 N–H and O–H groups in total. The summed E-state index contributed by atoms with van der Waals surface area (Å²) in [6.45, 7) is 7.62. The summed E-state index contributed by atoms with van der Waals surface area (Å²) in [5.74, 6) is 0.433. The van der Waals surface area contributed by atoms with Crippen molar-refractivity contribution in [3.05, 3.63) is 34.9 Å². The van der Waals surface area contributed by atoms with Crippen LogP contribution in [0.25, 0.3) is 0 Å². The average Bonchev–Trinajstić information content (AvgIpc) is 2.61. The number of hydrogen-bond acceptors (Lipinski definition) is 3. The number of piperidine rings is 1. The van der Waals surface area contributed by atoms with Crippen molar-refractivity contribution in [2.24, 2.45) is 5.92 Å². The van der Waals surface area contributed by atoms with E-state index in [-0.39, 0.29) is 17.4 Å². The lowest BCUT2D eigenvalue weighted by molar-refractivity contribution is -0.122. The summed E-state index contributed by atoms with van der Waals surface area (Å²) < 4.78 is 5.44. The number of carbonyl (C=O) groups is 2. The van der Waals surface area contributed by atoms with E-state index < -0.39 is 5.60 Å². The predicted octanol–water partition coefficient (Wildman–Crippen LogP) is 4.92. The van der Waals surface area contributed by atoms with Crippen LogP contribution in [0.4, 0.5) is 4.79 Å². The van der Waals surface area contributed by atoms with E-state index in [0.717, 1.165) is 30.7 Å². The molecule has 0 aromatic heterocycles. The first-order chi connectivity index (χ1) is 13.7. The molecule has 5 nitrogen and oxygen atoms in total. The van der Waals surface area contributed by atoms with Crippen LogP contribution in [0.5, 0.6) is 0 Å². The highest BCUT2D eigenvalue weighted by atomic mass is 35.5. The molecular formula is C23H33ClN2O3. The van der Waals surface area contributed by atoms with Crippen LogP contribution < -0.4 is 5.32 Å². The first-order valence-corrected chi connectivity index (χ1v) is 11.1. The molecule has 2 aliphatic rings. The largest absolute Gasteiger partial charge is 0.444 e. The van der Waals surface area contributed by atoms with Crippen LogP contribution in [0.1, 0.15) is 64.9 Å². The zero-order valence-corrected chi connectivity index (χ0v) is 18.6. The fraction of sp³-hybridized carbons (Fsp3) is 0.652. The maximum Gasteiger partial charge on any atom is 0.410 e. The monoisotopic (exact) mass is 420 g/mol. The van der Waals surface area contributed by atoms with Gasteiger partial charge in [0.2, 0.25) is 5.91 Å². The van der Waals surface area contributed by atoms with Crippen molar-refractivity contribution in [3.8, 4) is 0 Å². The molecule has 1 aliphatic carbocycles. The number of likely N-dealkylation sites (tertiary alicyclic amines) is 1. The molecule has 3 rings (SSSR count). The van der Waals surface area contributed by atoms with Crippen molar-refractivity contribution in [1.82, 2.24) is 10.2 Å². The number of benzene rings is 1. The number of hydrogen-bond donors (Lipinski definition) is 1. The van der Waals surface area contributed by atoms with Gasteiger partial charge in [-0.2, -0.15) is 0 Å². The van der Waals surface area contributed by atoms with Gasteiger partial charge in [0, 0.05) is 36.5 Å². The molecule has 0 atom stereocenters. The van der Waals surface area contributed by atoms with Crippen LogP contribution in [-0.4, -0.2) is 42.1 Å². The average molecular weight is 421 g/mol. The van der Waals surface area contributed by atoms with Gasteiger partial charge in [-0.3, -0.25) is 4.79 Å². The van der Waals surface area contributed by atoms with E-state index in [1.165, 1.54) is 12.0 Å². The molecular weight excluding hydrogens is 388 g/mol. The Labute approximate surface area is 179 Å². The van der Waals surface area contributed by atoms with E-state index >= 15 is 0 Å². The van der Waals surface area contributed by atoms with Gasteiger partial charge in [-0.1, -0.05) is 30.2 Å². The Morgan fingerprint density at radius 1 is 1.17 bits per heavy atom. The van der Waals surface area contributed by atoms with E-state index in [1.54, 1.807) is 4.90 Å². The Kier molecular flexibility index (Phi) is 6.77. The molecule has 1 saturated heterocycles. The highest BCUT2D eigenvalue weighted by Gasteiger charge is 2.39. The standard InChI is InChI=1S/C23H33ClN2O3/c1-22(2,3)29-21(28)26-13-9-17(10-14-26)15-20(27)25-16-23(11-4-12-23)18-5-7-19(24)8-6-18/h5-8,17H,4,9-16H2,1-3H3,(H,25,27). The quantitative estimate of drug-likeness (QED) is 0.735. The summed E-state index contributed by atoms with van der Waals surface area (Å²) in [5, 5.41) is 3.91. The summed E-state index contributed by atoms with van der Waals surface area (Å²) in [6, 6.07) is 8.02. The topological polar surface area (TPSA) is 58.6 Å². The van der Waals surface area contributed by atoms with E-state index in [4.69, 9.17) is 16.3 Å². The second-order valence-corrected chi connectivity index (χ2v) is 9.97. The van der Waals surface area contributed by atoms with Gasteiger partial charge in [0.05, 0.1) is 0 Å². The SMILES string of the molecule is CC(C)(C)OC(=O)N1CCC(CC(=O)NCC2(c3ccc(Cl)cc3)CCC2)CC1. The summed E-state index contributed by atoms with van der Waals surface area (Å²) in [6.07, 6.45) is 5.35. The van der Waals surface area contributed by atoms with Gasteiger partial charge in [0.15, 0.2) is 0 Å². The van der Waals surface area contributed by atoms with Crippen molar-refractivity contribution in [2.75, 3.05) is 19.6 Å². The van der Waals surface area contributed by atoms with Gasteiger partial charge in [0.1, 0.15) is 5.60 Å². The van der Waals surface area contributed by atoms with E-state index in [1.807, 2.05) is 32.9 Å². The Morgan fingerprint density at radius 2 is 1.79 bits per heavy atom. The van der Waals surface area contributed by atoms with Crippen LogP contribution in [0.3, 0.4) is 0 Å². The van der Waals surface area contributed by atoms with Gasteiger partial charge in [-0.05, 0) is 70.1 Å². The highest BCUT2D eigenvalue weighted by molar-refractivity contribution is 6.30. The van der Waals surface area contributed by atoms with Gasteiger partial charge in [-0.25, -0.2) is 4.79 Å². The van der Waals surface area contributed by atoms with Crippen LogP contribution in [0.15, 0.2) is 24.3 Å². The molecule has 6 heteroatoms. The van der Waals surface area contributed by atoms with E-state index in [9.17, 15) is 9.59 Å². The van der Waals surface area contributed by atoms with Crippen molar-refractivity contribution in [2.45, 2.75) is 70.3 Å². The summed E-state index contributed by atoms with van der Waals surface area (Å²) in [7, 11) is 0. The van der Waals surface area contributed by atoms with Crippen molar-refractivity contribution in [1.29, 1.82) is 0 Å². The lowest BCUT2D eigenvalue weighted by Gasteiger charge is -2.42. The van der Waals surface area contributed by atoms with Crippen LogP contribution >= 0.6 is 11.6 Å². The Hall–Kier alpha value is -1.75. The number of ether oxygens (including phenoxy) is 1. The normalized spacial score (nSPS) is 19.4. The number of nitrogens with zero attached hydrogens (tertiary/aromatic N) is 1. The molecule has 29 heavy (non-hydrogen) atoms. The van der Waals surface area contributed by atoms with E-state index in [2.05, 4.69) is 17.4 Å². The maximum atomic E-state index is 12.5. The summed E-state index contributed by atoms with van der Waals surface area (Å²) >= 11 is 6.02. The zero-order chi connectivity index (χ0) is 21.1. The molecule has 0 radical (unpaired) electrons. The number of nitrogens with one attached hydrogen (secondary N) is 1. The smallest absolute Gasteiger partial charge is 0.410 e. The van der Waals surface area contributed by atoms with Gasteiger partial charge in [-0.15, -0.1) is 0 Å². The Bertz CT molecular complexity index is 715. The van der Waals surface area contributed by atoms with Crippen molar-refractivity contribution < 1.29 is 14.3 Å². The van der Waals surface area contributed by atoms with Gasteiger partial charge in [0.25, 0.3) is 0 Å². The van der Waals surface area contributed by atoms with Crippen molar-refractivity contribution >= 4 is 23.6 Å². The molecule has 1 saturated carbocycles. The third kappa shape index (κ3) is 5.88. The Balaban J connectivity index is 1.43.